The third kappa shape index (κ3) is 4.25. The zero-order chi connectivity index (χ0) is 12.0. The van der Waals surface area contributed by atoms with Crippen LogP contribution in [0, 0.1) is 6.92 Å². The molecule has 2 nitrogen and oxygen atoms in total. The molecule has 3 heteroatoms. The van der Waals surface area contributed by atoms with Gasteiger partial charge in [0.25, 0.3) is 0 Å². The van der Waals surface area contributed by atoms with E-state index >= 15 is 0 Å². The Morgan fingerprint density at radius 3 is 2.94 bits per heavy atom. The van der Waals surface area contributed by atoms with Crippen LogP contribution in [-0.4, -0.2) is 19.7 Å². The lowest BCUT2D eigenvalue weighted by atomic mass is 10.2. The van der Waals surface area contributed by atoms with E-state index in [9.17, 15) is 0 Å². The summed E-state index contributed by atoms with van der Waals surface area (Å²) >= 11 is 6.01. The highest BCUT2D eigenvalue weighted by molar-refractivity contribution is 6.32. The van der Waals surface area contributed by atoms with Crippen molar-refractivity contribution in [2.75, 3.05) is 19.7 Å². The minimum atomic E-state index is 0.496. The van der Waals surface area contributed by atoms with Crippen LogP contribution in [-0.2, 0) is 0 Å². The standard InChI is InChI=1S/C13H18ClNO/c1-4-15-8-11(3)9-16-13-7-10(2)5-6-12(13)14/h5-7,15H,3-4,8-9H2,1-2H3. The van der Waals surface area contributed by atoms with Gasteiger partial charge in [-0.25, -0.2) is 0 Å². The minimum absolute atomic E-state index is 0.496. The quantitative estimate of drug-likeness (QED) is 0.770. The molecule has 0 saturated carbocycles. The zero-order valence-electron chi connectivity index (χ0n) is 9.85. The lowest BCUT2D eigenvalue weighted by Gasteiger charge is -2.10. The van der Waals surface area contributed by atoms with Crippen LogP contribution >= 0.6 is 11.6 Å². The number of hydrogen-bond acceptors (Lipinski definition) is 2. The summed E-state index contributed by atoms with van der Waals surface area (Å²) in [6, 6.07) is 5.74. The van der Waals surface area contributed by atoms with Crippen molar-refractivity contribution in [3.8, 4) is 5.75 Å². The van der Waals surface area contributed by atoms with Crippen LogP contribution in [0.4, 0.5) is 0 Å². The Labute approximate surface area is 102 Å². The molecule has 0 amide bonds. The van der Waals surface area contributed by atoms with Gasteiger partial charge >= 0.3 is 0 Å². The van der Waals surface area contributed by atoms with Gasteiger partial charge in [-0.3, -0.25) is 0 Å². The van der Waals surface area contributed by atoms with Gasteiger partial charge in [-0.05, 0) is 36.7 Å². The fourth-order valence-corrected chi connectivity index (χ4v) is 1.43. The number of hydrogen-bond donors (Lipinski definition) is 1. The Morgan fingerprint density at radius 1 is 1.50 bits per heavy atom. The molecule has 1 rings (SSSR count). The van der Waals surface area contributed by atoms with Gasteiger partial charge in [-0.15, -0.1) is 0 Å². The summed E-state index contributed by atoms with van der Waals surface area (Å²) < 4.78 is 5.60. The second-order valence-corrected chi connectivity index (χ2v) is 4.16. The first-order valence-electron chi connectivity index (χ1n) is 5.39. The molecule has 0 atom stereocenters. The Balaban J connectivity index is 2.47. The average Bonchev–Trinajstić information content (AvgIpc) is 2.27. The predicted molar refractivity (Wildman–Crippen MR) is 69.4 cm³/mol. The normalized spacial score (nSPS) is 10.2. The molecular weight excluding hydrogens is 222 g/mol. The molecule has 0 unspecified atom stereocenters. The third-order valence-electron chi connectivity index (χ3n) is 2.14. The van der Waals surface area contributed by atoms with E-state index in [0.29, 0.717) is 11.6 Å². The van der Waals surface area contributed by atoms with Gasteiger partial charge in [0.1, 0.15) is 12.4 Å². The second kappa shape index (κ2) is 6.56. The summed E-state index contributed by atoms with van der Waals surface area (Å²) in [5.41, 5.74) is 2.15. The summed E-state index contributed by atoms with van der Waals surface area (Å²) in [5.74, 6) is 0.722. The molecular formula is C13H18ClNO. The monoisotopic (exact) mass is 239 g/mol. The van der Waals surface area contributed by atoms with Crippen molar-refractivity contribution >= 4 is 11.6 Å². The molecule has 1 aromatic rings. The molecule has 0 saturated heterocycles. The molecule has 0 aliphatic rings. The van der Waals surface area contributed by atoms with Crippen molar-refractivity contribution in [1.29, 1.82) is 0 Å². The predicted octanol–water partition coefficient (Wildman–Crippen LogP) is 3.19. The van der Waals surface area contributed by atoms with E-state index in [0.717, 1.165) is 30.0 Å². The fourth-order valence-electron chi connectivity index (χ4n) is 1.25. The van der Waals surface area contributed by atoms with E-state index < -0.39 is 0 Å². The average molecular weight is 240 g/mol. The van der Waals surface area contributed by atoms with Gasteiger partial charge in [0.2, 0.25) is 0 Å². The molecule has 1 N–H and O–H groups in total. The smallest absolute Gasteiger partial charge is 0.138 e. The Bertz CT molecular complexity index is 363. The van der Waals surface area contributed by atoms with Crippen molar-refractivity contribution in [3.63, 3.8) is 0 Å². The third-order valence-corrected chi connectivity index (χ3v) is 2.46. The van der Waals surface area contributed by atoms with Gasteiger partial charge in [0, 0.05) is 6.54 Å². The second-order valence-electron chi connectivity index (χ2n) is 3.75. The first-order valence-corrected chi connectivity index (χ1v) is 5.77. The van der Waals surface area contributed by atoms with Crippen molar-refractivity contribution in [2.24, 2.45) is 0 Å². The maximum Gasteiger partial charge on any atom is 0.138 e. The lowest BCUT2D eigenvalue weighted by Crippen LogP contribution is -2.18. The summed E-state index contributed by atoms with van der Waals surface area (Å²) in [5, 5.41) is 3.84. The van der Waals surface area contributed by atoms with Crippen LogP contribution in [0.5, 0.6) is 5.75 Å². The molecule has 0 fully saturated rings. The SMILES string of the molecule is C=C(CNCC)COc1cc(C)ccc1Cl. The molecule has 1 aromatic carbocycles. The summed E-state index contributed by atoms with van der Waals surface area (Å²) in [4.78, 5) is 0. The number of likely N-dealkylation sites (N-methyl/N-ethyl adjacent to an activating group) is 1. The van der Waals surface area contributed by atoms with Gasteiger partial charge in [-0.2, -0.15) is 0 Å². The first-order chi connectivity index (χ1) is 7.63. The molecule has 0 bridgehead atoms. The molecule has 88 valence electrons. The largest absolute Gasteiger partial charge is 0.488 e. The highest BCUT2D eigenvalue weighted by atomic mass is 35.5. The highest BCUT2D eigenvalue weighted by Gasteiger charge is 2.02. The summed E-state index contributed by atoms with van der Waals surface area (Å²) in [7, 11) is 0. The van der Waals surface area contributed by atoms with E-state index in [1.54, 1.807) is 0 Å². The van der Waals surface area contributed by atoms with Crippen molar-refractivity contribution < 1.29 is 4.74 Å². The molecule has 0 aromatic heterocycles. The Morgan fingerprint density at radius 2 is 2.25 bits per heavy atom. The number of rotatable bonds is 6. The Hall–Kier alpha value is -0.990. The molecule has 0 aliphatic heterocycles. The van der Waals surface area contributed by atoms with E-state index in [-0.39, 0.29) is 0 Å². The molecule has 0 aliphatic carbocycles. The fraction of sp³-hybridized carbons (Fsp3) is 0.385. The van der Waals surface area contributed by atoms with Crippen LogP contribution in [0.15, 0.2) is 30.4 Å². The van der Waals surface area contributed by atoms with Crippen molar-refractivity contribution in [3.05, 3.63) is 40.9 Å². The highest BCUT2D eigenvalue weighted by Crippen LogP contribution is 2.25. The number of nitrogens with one attached hydrogen (secondary N) is 1. The van der Waals surface area contributed by atoms with Crippen LogP contribution in [0.3, 0.4) is 0 Å². The Kier molecular flexibility index (Phi) is 5.36. The van der Waals surface area contributed by atoms with Gasteiger partial charge in [-0.1, -0.05) is 31.2 Å². The topological polar surface area (TPSA) is 21.3 Å². The van der Waals surface area contributed by atoms with Gasteiger partial charge < -0.3 is 10.1 Å². The van der Waals surface area contributed by atoms with Crippen LogP contribution in [0.2, 0.25) is 5.02 Å². The maximum atomic E-state index is 6.01. The number of aryl methyl sites for hydroxylation is 1. The van der Waals surface area contributed by atoms with Crippen LogP contribution in [0.1, 0.15) is 12.5 Å². The van der Waals surface area contributed by atoms with E-state index in [2.05, 4.69) is 18.8 Å². The van der Waals surface area contributed by atoms with E-state index in [1.807, 2.05) is 25.1 Å². The first kappa shape index (κ1) is 13.1. The zero-order valence-corrected chi connectivity index (χ0v) is 10.6. The van der Waals surface area contributed by atoms with Crippen LogP contribution in [0.25, 0.3) is 0 Å². The maximum absolute atomic E-state index is 6.01. The van der Waals surface area contributed by atoms with Gasteiger partial charge in [0.05, 0.1) is 5.02 Å². The van der Waals surface area contributed by atoms with Crippen LogP contribution < -0.4 is 10.1 Å². The summed E-state index contributed by atoms with van der Waals surface area (Å²) in [6.45, 7) is 10.2. The number of ether oxygens (including phenoxy) is 1. The lowest BCUT2D eigenvalue weighted by molar-refractivity contribution is 0.348. The molecule has 0 radical (unpaired) electrons. The van der Waals surface area contributed by atoms with Crippen molar-refractivity contribution in [2.45, 2.75) is 13.8 Å². The van der Waals surface area contributed by atoms with Gasteiger partial charge in [0.15, 0.2) is 0 Å². The molecule has 16 heavy (non-hydrogen) atoms. The van der Waals surface area contributed by atoms with Crippen molar-refractivity contribution in [1.82, 2.24) is 5.32 Å². The van der Waals surface area contributed by atoms with E-state index in [4.69, 9.17) is 16.3 Å². The van der Waals surface area contributed by atoms with E-state index in [1.165, 1.54) is 0 Å². The molecule has 0 heterocycles. The number of halogens is 1. The summed E-state index contributed by atoms with van der Waals surface area (Å²) in [6.07, 6.45) is 0. The number of benzene rings is 1. The minimum Gasteiger partial charge on any atom is -0.488 e. The molecule has 0 spiro atoms.